The smallest absolute Gasteiger partial charge is 0.0727 e. The molecule has 2 aromatic carbocycles. The number of fused-ring (bicyclic) bond motifs is 1. The molecular formula is C15H14N2. The van der Waals surface area contributed by atoms with Gasteiger partial charge in [0.05, 0.1) is 11.4 Å². The SMILES string of the molecule is Cc1cc(C)n(-c2cccc3ccccc23)n1. The van der Waals surface area contributed by atoms with E-state index in [2.05, 4.69) is 60.6 Å². The maximum Gasteiger partial charge on any atom is 0.0727 e. The quantitative estimate of drug-likeness (QED) is 0.614. The molecule has 0 aliphatic carbocycles. The van der Waals surface area contributed by atoms with E-state index in [0.717, 1.165) is 11.4 Å². The highest BCUT2D eigenvalue weighted by atomic mass is 15.3. The third-order valence-electron chi connectivity index (χ3n) is 3.00. The van der Waals surface area contributed by atoms with Gasteiger partial charge >= 0.3 is 0 Å². The first kappa shape index (κ1) is 10.1. The van der Waals surface area contributed by atoms with Crippen molar-refractivity contribution in [1.82, 2.24) is 9.78 Å². The van der Waals surface area contributed by atoms with E-state index < -0.39 is 0 Å². The van der Waals surface area contributed by atoms with E-state index in [9.17, 15) is 0 Å². The van der Waals surface area contributed by atoms with Crippen LogP contribution in [-0.4, -0.2) is 9.78 Å². The molecule has 0 aliphatic heterocycles. The van der Waals surface area contributed by atoms with Crippen LogP contribution in [0.5, 0.6) is 0 Å². The lowest BCUT2D eigenvalue weighted by molar-refractivity contribution is 0.840. The molecule has 1 heterocycles. The molecule has 1 aromatic heterocycles. The monoisotopic (exact) mass is 222 g/mol. The molecule has 2 nitrogen and oxygen atoms in total. The summed E-state index contributed by atoms with van der Waals surface area (Å²) in [5.74, 6) is 0. The van der Waals surface area contributed by atoms with Crippen molar-refractivity contribution in [3.8, 4) is 5.69 Å². The van der Waals surface area contributed by atoms with Crippen molar-refractivity contribution in [2.45, 2.75) is 13.8 Å². The van der Waals surface area contributed by atoms with Crippen LogP contribution >= 0.6 is 0 Å². The van der Waals surface area contributed by atoms with Crippen LogP contribution in [-0.2, 0) is 0 Å². The largest absolute Gasteiger partial charge is 0.237 e. The van der Waals surface area contributed by atoms with Crippen molar-refractivity contribution in [1.29, 1.82) is 0 Å². The first-order valence-corrected chi connectivity index (χ1v) is 5.77. The van der Waals surface area contributed by atoms with Crippen LogP contribution in [0.4, 0.5) is 0 Å². The minimum Gasteiger partial charge on any atom is -0.237 e. The summed E-state index contributed by atoms with van der Waals surface area (Å²) in [4.78, 5) is 0. The van der Waals surface area contributed by atoms with Gasteiger partial charge in [0.25, 0.3) is 0 Å². The van der Waals surface area contributed by atoms with E-state index in [4.69, 9.17) is 0 Å². The van der Waals surface area contributed by atoms with Crippen molar-refractivity contribution in [3.05, 3.63) is 59.9 Å². The average molecular weight is 222 g/mol. The lowest BCUT2D eigenvalue weighted by atomic mass is 10.1. The lowest BCUT2D eigenvalue weighted by Crippen LogP contribution is -1.99. The van der Waals surface area contributed by atoms with E-state index in [1.54, 1.807) is 0 Å². The zero-order valence-electron chi connectivity index (χ0n) is 10.0. The summed E-state index contributed by atoms with van der Waals surface area (Å²) in [6.45, 7) is 4.11. The summed E-state index contributed by atoms with van der Waals surface area (Å²) in [7, 11) is 0. The Bertz CT molecular complexity index is 675. The van der Waals surface area contributed by atoms with Crippen LogP contribution in [0.3, 0.4) is 0 Å². The molecule has 3 aromatic rings. The van der Waals surface area contributed by atoms with E-state index >= 15 is 0 Å². The second-order valence-electron chi connectivity index (χ2n) is 4.34. The Morgan fingerprint density at radius 1 is 0.941 bits per heavy atom. The normalized spacial score (nSPS) is 10.9. The minimum atomic E-state index is 1.05. The molecule has 0 N–H and O–H groups in total. The highest BCUT2D eigenvalue weighted by molar-refractivity contribution is 5.90. The van der Waals surface area contributed by atoms with E-state index in [1.807, 2.05) is 11.6 Å². The molecule has 0 saturated heterocycles. The van der Waals surface area contributed by atoms with Crippen molar-refractivity contribution >= 4 is 10.8 Å². The Morgan fingerprint density at radius 2 is 1.71 bits per heavy atom. The van der Waals surface area contributed by atoms with Gasteiger partial charge in [-0.05, 0) is 31.4 Å². The molecule has 0 aliphatic rings. The van der Waals surface area contributed by atoms with Gasteiger partial charge in [-0.2, -0.15) is 5.10 Å². The Kier molecular flexibility index (Phi) is 2.22. The third kappa shape index (κ3) is 1.62. The van der Waals surface area contributed by atoms with Gasteiger partial charge in [0, 0.05) is 11.1 Å². The van der Waals surface area contributed by atoms with Crippen molar-refractivity contribution in [2.24, 2.45) is 0 Å². The number of hydrogen-bond acceptors (Lipinski definition) is 1. The predicted octanol–water partition coefficient (Wildman–Crippen LogP) is 3.64. The van der Waals surface area contributed by atoms with E-state index in [-0.39, 0.29) is 0 Å². The molecule has 0 fully saturated rings. The summed E-state index contributed by atoms with van der Waals surface area (Å²) in [6.07, 6.45) is 0. The van der Waals surface area contributed by atoms with Crippen molar-refractivity contribution in [2.75, 3.05) is 0 Å². The first-order chi connectivity index (χ1) is 8.25. The maximum absolute atomic E-state index is 4.55. The van der Waals surface area contributed by atoms with Gasteiger partial charge in [-0.25, -0.2) is 4.68 Å². The van der Waals surface area contributed by atoms with Gasteiger partial charge in [-0.3, -0.25) is 0 Å². The summed E-state index contributed by atoms with van der Waals surface area (Å²) < 4.78 is 2.01. The Labute approximate surface area is 101 Å². The van der Waals surface area contributed by atoms with E-state index in [0.29, 0.717) is 0 Å². The first-order valence-electron chi connectivity index (χ1n) is 5.77. The van der Waals surface area contributed by atoms with Gasteiger partial charge < -0.3 is 0 Å². The molecule has 17 heavy (non-hydrogen) atoms. The molecule has 0 radical (unpaired) electrons. The standard InChI is InChI=1S/C15H14N2/c1-11-10-12(2)17(16-11)15-9-5-7-13-6-3-4-8-14(13)15/h3-10H,1-2H3. The number of aryl methyl sites for hydroxylation is 2. The minimum absolute atomic E-state index is 1.05. The van der Waals surface area contributed by atoms with Gasteiger partial charge in [-0.1, -0.05) is 36.4 Å². The van der Waals surface area contributed by atoms with Gasteiger partial charge in [0.15, 0.2) is 0 Å². The number of aromatic nitrogens is 2. The molecule has 2 heteroatoms. The number of hydrogen-bond donors (Lipinski definition) is 0. The molecule has 3 rings (SSSR count). The van der Waals surface area contributed by atoms with Crippen molar-refractivity contribution in [3.63, 3.8) is 0 Å². The average Bonchev–Trinajstić information content (AvgIpc) is 2.68. The zero-order valence-corrected chi connectivity index (χ0v) is 10.0. The molecule has 84 valence electrons. The summed E-state index contributed by atoms with van der Waals surface area (Å²) in [5, 5.41) is 7.03. The highest BCUT2D eigenvalue weighted by Gasteiger charge is 2.06. The Hall–Kier alpha value is -2.09. The van der Waals surface area contributed by atoms with Crippen LogP contribution < -0.4 is 0 Å². The van der Waals surface area contributed by atoms with Crippen LogP contribution in [0.2, 0.25) is 0 Å². The zero-order chi connectivity index (χ0) is 11.8. The second kappa shape index (κ2) is 3.74. The lowest BCUT2D eigenvalue weighted by Gasteiger charge is -2.08. The van der Waals surface area contributed by atoms with Crippen LogP contribution in [0.15, 0.2) is 48.5 Å². The number of benzene rings is 2. The second-order valence-corrected chi connectivity index (χ2v) is 4.34. The van der Waals surface area contributed by atoms with Gasteiger partial charge in [0.1, 0.15) is 0 Å². The summed E-state index contributed by atoms with van der Waals surface area (Å²) >= 11 is 0. The van der Waals surface area contributed by atoms with Crippen LogP contribution in [0, 0.1) is 13.8 Å². The number of rotatable bonds is 1. The summed E-state index contributed by atoms with van der Waals surface area (Å²) in [6, 6.07) is 16.8. The molecule has 0 bridgehead atoms. The van der Waals surface area contributed by atoms with E-state index in [1.165, 1.54) is 16.5 Å². The van der Waals surface area contributed by atoms with Gasteiger partial charge in [0.2, 0.25) is 0 Å². The molecule has 0 unspecified atom stereocenters. The predicted molar refractivity (Wildman–Crippen MR) is 70.5 cm³/mol. The number of nitrogens with zero attached hydrogens (tertiary/aromatic N) is 2. The fraction of sp³-hybridized carbons (Fsp3) is 0.133. The molecule has 0 amide bonds. The Morgan fingerprint density at radius 3 is 2.47 bits per heavy atom. The van der Waals surface area contributed by atoms with Crippen molar-refractivity contribution < 1.29 is 0 Å². The third-order valence-corrected chi connectivity index (χ3v) is 3.00. The molecule has 0 saturated carbocycles. The fourth-order valence-corrected chi connectivity index (χ4v) is 2.27. The van der Waals surface area contributed by atoms with Gasteiger partial charge in [-0.15, -0.1) is 0 Å². The highest BCUT2D eigenvalue weighted by Crippen LogP contribution is 2.22. The summed E-state index contributed by atoms with van der Waals surface area (Å²) in [5.41, 5.74) is 3.36. The topological polar surface area (TPSA) is 17.8 Å². The Balaban J connectivity index is 2.34. The molecule has 0 atom stereocenters. The van der Waals surface area contributed by atoms with Crippen LogP contribution in [0.1, 0.15) is 11.4 Å². The van der Waals surface area contributed by atoms with Crippen LogP contribution in [0.25, 0.3) is 16.5 Å². The molecular weight excluding hydrogens is 208 g/mol. The molecule has 0 spiro atoms. The maximum atomic E-state index is 4.55. The fourth-order valence-electron chi connectivity index (χ4n) is 2.27.